The highest BCUT2D eigenvalue weighted by atomic mass is 32.1. The second-order valence-electron chi connectivity index (χ2n) is 5.33. The highest BCUT2D eigenvalue weighted by Crippen LogP contribution is 2.22. The molecule has 134 valence electrons. The molecule has 0 aliphatic carbocycles. The molecule has 25 heavy (non-hydrogen) atoms. The molecule has 2 aromatic rings. The molecule has 1 atom stereocenters. The molecule has 2 rings (SSSR count). The molecule has 0 spiro atoms. The summed E-state index contributed by atoms with van der Waals surface area (Å²) in [5.41, 5.74) is 0.192. The number of benzene rings is 1. The van der Waals surface area contributed by atoms with Crippen LogP contribution in [-0.2, 0) is 4.79 Å². The summed E-state index contributed by atoms with van der Waals surface area (Å²) in [4.78, 5) is 27.3. The van der Waals surface area contributed by atoms with Crippen molar-refractivity contribution in [3.63, 3.8) is 0 Å². The molecule has 1 amide bonds. The van der Waals surface area contributed by atoms with E-state index < -0.39 is 29.6 Å². The lowest BCUT2D eigenvalue weighted by Crippen LogP contribution is -2.40. The summed E-state index contributed by atoms with van der Waals surface area (Å²) >= 11 is 1.06. The molecule has 6 nitrogen and oxygen atoms in total. The molecule has 1 aromatic carbocycles. The highest BCUT2D eigenvalue weighted by Gasteiger charge is 2.21. The number of unbranched alkanes of at least 4 members (excludes halogenated alkanes) is 1. The van der Waals surface area contributed by atoms with Crippen molar-refractivity contribution in [3.05, 3.63) is 40.9 Å². The molecule has 0 fully saturated rings. The number of carboxylic acid groups (broad SMARTS) is 1. The lowest BCUT2D eigenvalue weighted by atomic mass is 10.1. The number of aliphatic carboxylic acids is 1. The van der Waals surface area contributed by atoms with Crippen molar-refractivity contribution in [3.8, 4) is 0 Å². The number of carboxylic acids is 1. The number of nitrogens with one attached hydrogen (secondary N) is 2. The van der Waals surface area contributed by atoms with Crippen molar-refractivity contribution < 1.29 is 23.5 Å². The van der Waals surface area contributed by atoms with Crippen LogP contribution in [0.25, 0.3) is 0 Å². The van der Waals surface area contributed by atoms with E-state index in [1.807, 2.05) is 6.92 Å². The van der Waals surface area contributed by atoms with Crippen LogP contribution in [-0.4, -0.2) is 28.0 Å². The van der Waals surface area contributed by atoms with Crippen LogP contribution in [0, 0.1) is 11.6 Å². The second kappa shape index (κ2) is 8.52. The fourth-order valence-electron chi connectivity index (χ4n) is 2.08. The van der Waals surface area contributed by atoms with Gasteiger partial charge in [-0.25, -0.2) is 18.6 Å². The number of hydrogen-bond donors (Lipinski definition) is 3. The van der Waals surface area contributed by atoms with Gasteiger partial charge in [0.25, 0.3) is 5.91 Å². The van der Waals surface area contributed by atoms with E-state index in [4.69, 9.17) is 5.11 Å². The minimum Gasteiger partial charge on any atom is -0.480 e. The van der Waals surface area contributed by atoms with Gasteiger partial charge in [-0.2, -0.15) is 0 Å². The first-order chi connectivity index (χ1) is 11.9. The Kier molecular flexibility index (Phi) is 6.40. The van der Waals surface area contributed by atoms with Crippen molar-refractivity contribution in [1.29, 1.82) is 0 Å². The Morgan fingerprint density at radius 3 is 2.56 bits per heavy atom. The molecule has 0 aliphatic rings. The third-order valence-electron chi connectivity index (χ3n) is 3.30. The molecule has 0 saturated carbocycles. The van der Waals surface area contributed by atoms with Crippen LogP contribution in [0.4, 0.5) is 19.6 Å². The van der Waals surface area contributed by atoms with Crippen LogP contribution in [0.3, 0.4) is 0 Å². The quantitative estimate of drug-likeness (QED) is 0.662. The van der Waals surface area contributed by atoms with Gasteiger partial charge in [0, 0.05) is 17.1 Å². The van der Waals surface area contributed by atoms with E-state index in [0.717, 1.165) is 36.0 Å². The van der Waals surface area contributed by atoms with Gasteiger partial charge in [-0.05, 0) is 18.6 Å². The molecular weight excluding hydrogens is 352 g/mol. The minimum absolute atomic E-state index is 0.0344. The third kappa shape index (κ3) is 5.49. The zero-order valence-corrected chi connectivity index (χ0v) is 14.2. The summed E-state index contributed by atoms with van der Waals surface area (Å²) in [7, 11) is 0. The first-order valence-corrected chi connectivity index (χ1v) is 8.49. The fraction of sp³-hybridized carbons (Fsp3) is 0.312. The van der Waals surface area contributed by atoms with Crippen molar-refractivity contribution >= 4 is 34.0 Å². The number of carbonyl (C=O) groups excluding carboxylic acids is 1. The van der Waals surface area contributed by atoms with Crippen LogP contribution in [0.15, 0.2) is 23.6 Å². The predicted molar refractivity (Wildman–Crippen MR) is 90.2 cm³/mol. The van der Waals surface area contributed by atoms with Gasteiger partial charge < -0.3 is 15.7 Å². The van der Waals surface area contributed by atoms with Crippen LogP contribution < -0.4 is 10.6 Å². The van der Waals surface area contributed by atoms with Gasteiger partial charge in [-0.15, -0.1) is 11.3 Å². The SMILES string of the molecule is CCCCC(NC(=O)c1csc(Nc2cc(F)cc(F)c2)n1)C(=O)O. The summed E-state index contributed by atoms with van der Waals surface area (Å²) < 4.78 is 26.3. The topological polar surface area (TPSA) is 91.3 Å². The van der Waals surface area contributed by atoms with E-state index in [1.165, 1.54) is 5.38 Å². The number of nitrogens with zero attached hydrogens (tertiary/aromatic N) is 1. The van der Waals surface area contributed by atoms with E-state index in [-0.39, 0.29) is 16.5 Å². The van der Waals surface area contributed by atoms with Gasteiger partial charge in [-0.3, -0.25) is 4.79 Å². The molecule has 0 bridgehead atoms. The summed E-state index contributed by atoms with van der Waals surface area (Å²) in [5, 5.41) is 16.0. The Bertz CT molecular complexity index is 747. The van der Waals surface area contributed by atoms with Gasteiger partial charge in [0.2, 0.25) is 0 Å². The molecular formula is C16H17F2N3O3S. The Morgan fingerprint density at radius 1 is 1.28 bits per heavy atom. The molecule has 1 heterocycles. The monoisotopic (exact) mass is 369 g/mol. The highest BCUT2D eigenvalue weighted by molar-refractivity contribution is 7.14. The Balaban J connectivity index is 2.04. The molecule has 1 aromatic heterocycles. The molecule has 9 heteroatoms. The predicted octanol–water partition coefficient (Wildman–Crippen LogP) is 3.54. The van der Waals surface area contributed by atoms with Crippen molar-refractivity contribution in [1.82, 2.24) is 10.3 Å². The molecule has 1 unspecified atom stereocenters. The number of aromatic nitrogens is 1. The van der Waals surface area contributed by atoms with Crippen LogP contribution >= 0.6 is 11.3 Å². The first kappa shape index (κ1) is 18.8. The lowest BCUT2D eigenvalue weighted by molar-refractivity contribution is -0.139. The summed E-state index contributed by atoms with van der Waals surface area (Å²) in [5.74, 6) is -3.20. The van der Waals surface area contributed by atoms with E-state index in [0.29, 0.717) is 12.8 Å². The summed E-state index contributed by atoms with van der Waals surface area (Å²) in [6.07, 6.45) is 1.82. The minimum atomic E-state index is -1.11. The Morgan fingerprint density at radius 2 is 1.96 bits per heavy atom. The van der Waals surface area contributed by atoms with Crippen molar-refractivity contribution in [2.75, 3.05) is 5.32 Å². The maximum Gasteiger partial charge on any atom is 0.326 e. The first-order valence-electron chi connectivity index (χ1n) is 7.61. The molecule has 0 aliphatic heterocycles. The average Bonchev–Trinajstić information content (AvgIpc) is 2.98. The van der Waals surface area contributed by atoms with Gasteiger partial charge in [0.1, 0.15) is 23.4 Å². The lowest BCUT2D eigenvalue weighted by Gasteiger charge is -2.12. The fourth-order valence-corrected chi connectivity index (χ4v) is 2.79. The summed E-state index contributed by atoms with van der Waals surface area (Å²) in [6, 6.07) is 1.95. The van der Waals surface area contributed by atoms with Crippen LogP contribution in [0.2, 0.25) is 0 Å². The van der Waals surface area contributed by atoms with Crippen molar-refractivity contribution in [2.45, 2.75) is 32.2 Å². The maximum absolute atomic E-state index is 13.2. The molecule has 0 saturated heterocycles. The molecule has 0 radical (unpaired) electrons. The number of carbonyl (C=O) groups is 2. The number of halogens is 2. The van der Waals surface area contributed by atoms with Crippen LogP contribution in [0.1, 0.15) is 36.7 Å². The number of amides is 1. The smallest absolute Gasteiger partial charge is 0.326 e. The number of anilines is 2. The second-order valence-corrected chi connectivity index (χ2v) is 6.19. The van der Waals surface area contributed by atoms with E-state index in [1.54, 1.807) is 0 Å². The van der Waals surface area contributed by atoms with E-state index in [9.17, 15) is 18.4 Å². The summed E-state index contributed by atoms with van der Waals surface area (Å²) in [6.45, 7) is 1.92. The normalized spacial score (nSPS) is 11.8. The van der Waals surface area contributed by atoms with E-state index in [2.05, 4.69) is 15.6 Å². The zero-order chi connectivity index (χ0) is 18.4. The number of thiazole rings is 1. The average molecular weight is 369 g/mol. The largest absolute Gasteiger partial charge is 0.480 e. The number of rotatable bonds is 8. The van der Waals surface area contributed by atoms with Gasteiger partial charge >= 0.3 is 5.97 Å². The Hall–Kier alpha value is -2.55. The standard InChI is InChI=1S/C16H17F2N3O3S/c1-2-3-4-12(15(23)24)20-14(22)13-8-25-16(21-13)19-11-6-9(17)5-10(18)7-11/h5-8,12H,2-4H2,1H3,(H,19,21)(H,20,22)(H,23,24). The van der Waals surface area contributed by atoms with Crippen LogP contribution in [0.5, 0.6) is 0 Å². The zero-order valence-electron chi connectivity index (χ0n) is 13.4. The van der Waals surface area contributed by atoms with E-state index >= 15 is 0 Å². The van der Waals surface area contributed by atoms with Crippen molar-refractivity contribution in [2.24, 2.45) is 0 Å². The molecule has 3 N–H and O–H groups in total. The Labute approximate surface area is 146 Å². The van der Waals surface area contributed by atoms with Gasteiger partial charge in [0.15, 0.2) is 5.13 Å². The van der Waals surface area contributed by atoms with Gasteiger partial charge in [-0.1, -0.05) is 19.8 Å². The number of hydrogen-bond acceptors (Lipinski definition) is 5. The maximum atomic E-state index is 13.2. The third-order valence-corrected chi connectivity index (χ3v) is 4.06. The van der Waals surface area contributed by atoms with Gasteiger partial charge in [0.05, 0.1) is 0 Å².